The molecule has 2 saturated carbocycles. The Bertz CT molecular complexity index is 6640. The van der Waals surface area contributed by atoms with Crippen molar-refractivity contribution in [3.63, 3.8) is 0 Å². The predicted octanol–water partition coefficient (Wildman–Crippen LogP) is 9.15. The Balaban J connectivity index is 0.000000121. The molecule has 1 saturated heterocycles. The normalized spacial score (nSPS) is 22.7. The maximum Gasteiger partial charge on any atom is 0.258 e. The number of hydrogen-bond donors (Lipinski definition) is 8. The fourth-order valence-electron chi connectivity index (χ4n) is 16.5. The second kappa shape index (κ2) is 43.9. The number of aromatic nitrogens is 14. The number of amides is 7. The van der Waals surface area contributed by atoms with E-state index in [0.717, 1.165) is 132 Å². The molecule has 8 aliphatic heterocycles. The van der Waals surface area contributed by atoms with Crippen molar-refractivity contribution in [2.45, 2.75) is 167 Å². The number of nitrogens with zero attached hydrogens (tertiary/aromatic N) is 14. The molecule has 37 nitrogen and oxygen atoms in total. The van der Waals surface area contributed by atoms with Crippen molar-refractivity contribution < 1.29 is 81.6 Å². The van der Waals surface area contributed by atoms with Gasteiger partial charge in [0.1, 0.15) is 0 Å². The number of allylic oxidation sites excluding steroid dienone is 2. The van der Waals surface area contributed by atoms with Crippen molar-refractivity contribution in [3.05, 3.63) is 257 Å². The molecular formula is C90H95F2N21O16S7. The number of nitrogens with one attached hydrogen (secondary N) is 7. The average Bonchev–Trinajstić information content (AvgIpc) is 1.62. The first kappa shape index (κ1) is 97.7. The van der Waals surface area contributed by atoms with Crippen LogP contribution in [0.2, 0.25) is 0 Å². The number of carbonyl (C=O) groups is 7. The summed E-state index contributed by atoms with van der Waals surface area (Å²) in [5, 5.41) is 41.9. The lowest BCUT2D eigenvalue weighted by Crippen LogP contribution is -2.18. The third kappa shape index (κ3) is 24.0. The van der Waals surface area contributed by atoms with Gasteiger partial charge in [-0.05, 0) is 168 Å². The van der Waals surface area contributed by atoms with Crippen molar-refractivity contribution in [1.82, 2.24) is 102 Å². The summed E-state index contributed by atoms with van der Waals surface area (Å²) in [6, 6.07) is 31.7. The highest BCUT2D eigenvalue weighted by Crippen LogP contribution is 2.41. The van der Waals surface area contributed by atoms with Crippen LogP contribution in [0, 0.1) is 34.6 Å². The van der Waals surface area contributed by atoms with Crippen LogP contribution in [0.4, 0.5) is 8.78 Å². The van der Waals surface area contributed by atoms with Gasteiger partial charge in [-0.3, -0.25) is 66.6 Å². The van der Waals surface area contributed by atoms with Gasteiger partial charge in [-0.15, -0.1) is 0 Å². The molecule has 7 unspecified atom stereocenters. The maximum atomic E-state index is 13.3. The molecule has 3 fully saturated rings. The number of benzene rings is 3. The molecule has 11 aliphatic rings. The van der Waals surface area contributed by atoms with Gasteiger partial charge < -0.3 is 9.84 Å². The zero-order chi connectivity index (χ0) is 96.2. The number of aryl methyl sites for hydroxylation is 5. The zero-order valence-corrected chi connectivity index (χ0v) is 79.7. The monoisotopic (exact) mass is 1990 g/mol. The number of hydrogen-bond acceptors (Lipinski definition) is 23. The van der Waals surface area contributed by atoms with E-state index in [2.05, 4.69) is 80.9 Å². The summed E-state index contributed by atoms with van der Waals surface area (Å²) in [4.78, 5) is 78.3. The molecule has 0 radical (unpaired) electrons. The fourth-order valence-corrected chi connectivity index (χ4v) is 22.5. The SMILES string of the molecule is Cc1cc(-c2ccccc2)nn1C1=CC(=O)NS1=O.Cc1nn(C2=CC(=O)NS2=O)c(C)c1-c1ccccc1.Cc1nn(C2=CC(=O)NS2=O)c(C)c1C1=CCC(F)(F)CC1.O=C1C=C(n2cc(C3CCC(O)CC3)cn2)S(=O)N1.O=C1C=C(n2cc(C3CCCCC3)cn2)S(=O)N1.O=C1C=C(n2cc(C3CCOCC3)cn2)S(=O)N1.O=C1C=C(n2cc(CCc3ccccc3)cn2)S(=O)N1. The Labute approximate surface area is 796 Å². The molecule has 15 heterocycles. The van der Waals surface area contributed by atoms with E-state index >= 15 is 0 Å². The van der Waals surface area contributed by atoms with Gasteiger partial charge in [-0.25, -0.2) is 71.0 Å². The van der Waals surface area contributed by atoms with E-state index < -0.39 is 88.7 Å². The number of aliphatic hydroxyl groups is 1. The largest absolute Gasteiger partial charge is 0.393 e. The molecule has 136 heavy (non-hydrogen) atoms. The van der Waals surface area contributed by atoms with E-state index in [1.54, 1.807) is 47.9 Å². The van der Waals surface area contributed by atoms with Crippen LogP contribution in [0.15, 0.2) is 195 Å². The second-order valence-electron chi connectivity index (χ2n) is 32.7. The summed E-state index contributed by atoms with van der Waals surface area (Å²) in [7, 11) is -10.7. The molecule has 0 bridgehead atoms. The average molecular weight is 1990 g/mol. The van der Waals surface area contributed by atoms with Crippen molar-refractivity contribution in [2.24, 2.45) is 0 Å². The molecule has 46 heteroatoms. The van der Waals surface area contributed by atoms with Crippen LogP contribution in [-0.4, -0.2) is 170 Å². The van der Waals surface area contributed by atoms with E-state index in [4.69, 9.17) is 4.74 Å². The lowest BCUT2D eigenvalue weighted by Gasteiger charge is -2.24. The molecule has 21 rings (SSSR count). The highest BCUT2D eigenvalue weighted by Gasteiger charge is 2.36. The Morgan fingerprint density at radius 1 is 0.404 bits per heavy atom. The number of ether oxygens (including phenoxy) is 1. The molecule has 3 aliphatic carbocycles. The Morgan fingerprint density at radius 2 is 0.765 bits per heavy atom. The van der Waals surface area contributed by atoms with Crippen molar-refractivity contribution in [2.75, 3.05) is 13.2 Å². The molecule has 712 valence electrons. The smallest absolute Gasteiger partial charge is 0.258 e. The summed E-state index contributed by atoms with van der Waals surface area (Å²) in [6.45, 7) is 10.8. The van der Waals surface area contributed by atoms with Crippen LogP contribution in [0.1, 0.15) is 169 Å². The van der Waals surface area contributed by atoms with Gasteiger partial charge >= 0.3 is 0 Å². The second-order valence-corrected chi connectivity index (χ2v) is 40.8. The number of alkyl halides is 2. The van der Waals surface area contributed by atoms with Crippen molar-refractivity contribution in [1.29, 1.82) is 0 Å². The summed E-state index contributed by atoms with van der Waals surface area (Å²) < 4.78 is 141. The van der Waals surface area contributed by atoms with E-state index in [0.29, 0.717) is 59.3 Å². The van der Waals surface area contributed by atoms with Crippen LogP contribution in [-0.2, 0) is 128 Å². The standard InChI is InChI=1S/C14H15F2N3O2S.2C14H13N3O2S.C13H11N3O2S.C12H15N3O3S.C12H15N3O2S.C11H13N3O3S/c1-8-13(10-3-5-14(15,16)6-4-10)9(2)19(17-8)12-7-11(20)18-22(12)21;1-9-14(11-6-4-3-5-7-11)10(2)17(15-9)13-8-12(18)16-20(13)19;18-13-8-14(20(19)16-13)17-10-12(9-15-17)7-6-11-4-2-1-3-5-11;1-9-7-11(10-5-3-2-4-6-10)14-16(9)13-8-12(17)15-19(13)18;16-10-3-1-8(2-4-10)9-6-13-15(7-9)12-5-11(17)14-19(12)18;16-11-6-12(18(17)14-11)15-8-10(7-13-15)9-4-2-1-3-5-9;15-10-5-11(18(16)13-10)14-7-9(6-12-14)8-1-3-17-4-2-8/h3,7H,4-6H2,1-2H3,(H,18,20);3-8H,1-2H3,(H,16,18);1-5,8-10H,6-7H2,(H,16,18);2-8H,1H3,(H,15,17);5-8,10,16H,1-4H2,(H,14,17);6-9H,1-5H2,(H,14,16);5-8H,1-4H2,(H,13,15). The molecule has 7 amide bonds. The Morgan fingerprint density at radius 3 is 1.18 bits per heavy atom. The number of carbonyl (C=O) groups excluding carboxylic acids is 7. The van der Waals surface area contributed by atoms with Crippen molar-refractivity contribution in [3.8, 4) is 22.4 Å². The maximum absolute atomic E-state index is 13.3. The van der Waals surface area contributed by atoms with E-state index in [1.165, 1.54) is 109 Å². The third-order valence-corrected chi connectivity index (χ3v) is 30.7. The first-order chi connectivity index (χ1) is 65.3. The minimum atomic E-state index is -2.65. The third-order valence-electron chi connectivity index (χ3n) is 23.3. The van der Waals surface area contributed by atoms with Crippen LogP contribution in [0.3, 0.4) is 0 Å². The molecule has 3 aromatic carbocycles. The quantitative estimate of drug-likeness (QED) is 0.0446. The van der Waals surface area contributed by atoms with Gasteiger partial charge in [0.15, 0.2) is 112 Å². The fraction of sp³-hybridized carbons (Fsp3) is 0.311. The molecule has 7 aromatic heterocycles. The van der Waals surface area contributed by atoms with Gasteiger partial charge in [-0.2, -0.15) is 35.7 Å². The van der Waals surface area contributed by atoms with Crippen LogP contribution in [0.5, 0.6) is 0 Å². The molecule has 8 N–H and O–H groups in total. The Kier molecular flexibility index (Phi) is 31.5. The van der Waals surface area contributed by atoms with E-state index in [1.807, 2.05) is 137 Å². The topological polar surface area (TPSA) is 477 Å². The van der Waals surface area contributed by atoms with Gasteiger partial charge in [0, 0.05) is 121 Å². The van der Waals surface area contributed by atoms with Gasteiger partial charge in [0.2, 0.25) is 0 Å². The minimum Gasteiger partial charge on any atom is -0.393 e. The van der Waals surface area contributed by atoms with Crippen LogP contribution < -0.4 is 33.1 Å². The Hall–Kier alpha value is -12.8. The van der Waals surface area contributed by atoms with Crippen LogP contribution >= 0.6 is 0 Å². The van der Waals surface area contributed by atoms with Gasteiger partial charge in [-0.1, -0.05) is 116 Å². The number of halogens is 2. The summed E-state index contributed by atoms with van der Waals surface area (Å²) >= 11 is 0. The van der Waals surface area contributed by atoms with E-state index in [9.17, 15) is 76.9 Å². The first-order valence-corrected chi connectivity index (χ1v) is 51.3. The van der Waals surface area contributed by atoms with Gasteiger partial charge in [0.05, 0.1) is 53.7 Å². The first-order valence-electron chi connectivity index (χ1n) is 43.3. The summed E-state index contributed by atoms with van der Waals surface area (Å²) in [6.07, 6.45) is 38.3. The zero-order valence-electron chi connectivity index (χ0n) is 74.0. The molecule has 10 aromatic rings. The van der Waals surface area contributed by atoms with Gasteiger partial charge in [0.25, 0.3) is 47.3 Å². The lowest BCUT2D eigenvalue weighted by atomic mass is 9.84. The lowest BCUT2D eigenvalue weighted by molar-refractivity contribution is -0.115. The minimum absolute atomic E-state index is 0.182. The van der Waals surface area contributed by atoms with Crippen molar-refractivity contribution >= 4 is 159 Å². The number of rotatable bonds is 16. The van der Waals surface area contributed by atoms with E-state index in [-0.39, 0.29) is 65.8 Å². The molecular weight excluding hydrogens is 1890 g/mol. The summed E-state index contributed by atoms with van der Waals surface area (Å²) in [5.41, 5.74) is 15.0. The molecule has 7 atom stereocenters. The van der Waals surface area contributed by atoms with Crippen LogP contribution in [0.25, 0.3) is 63.2 Å². The highest BCUT2D eigenvalue weighted by atomic mass is 32.2. The highest BCUT2D eigenvalue weighted by molar-refractivity contribution is 7.95. The predicted molar refractivity (Wildman–Crippen MR) is 511 cm³/mol. The molecule has 0 spiro atoms. The summed E-state index contributed by atoms with van der Waals surface area (Å²) in [5.74, 6) is -3.77. The number of aliphatic hydroxyl groups excluding tert-OH is 1.